The number of nitro benzene ring substituents is 1. The number of aryl methyl sites for hydroxylation is 1. The van der Waals surface area contributed by atoms with Gasteiger partial charge in [0.15, 0.2) is 5.78 Å². The zero-order chi connectivity index (χ0) is 15.9. The van der Waals surface area contributed by atoms with Crippen molar-refractivity contribution in [3.05, 3.63) is 82.0 Å². The second-order valence-corrected chi connectivity index (χ2v) is 4.70. The Bertz CT molecular complexity index is 706. The fourth-order valence-electron chi connectivity index (χ4n) is 1.92. The molecule has 0 heterocycles. The number of nitro groups is 1. The Morgan fingerprint density at radius 2 is 1.95 bits per heavy atom. The normalized spacial score (nSPS) is 10.6. The van der Waals surface area contributed by atoms with Crippen LogP contribution in [0.5, 0.6) is 0 Å². The van der Waals surface area contributed by atoms with Gasteiger partial charge in [-0.1, -0.05) is 37.3 Å². The molecule has 22 heavy (non-hydrogen) atoms. The molecule has 0 aliphatic carbocycles. The molecular weight excluding hydrogens is 280 g/mol. The Hall–Kier alpha value is -2.95. The van der Waals surface area contributed by atoms with Crippen molar-refractivity contribution in [1.82, 2.24) is 0 Å². The summed E-state index contributed by atoms with van der Waals surface area (Å²) in [6.45, 7) is 2.06. The molecule has 112 valence electrons. The lowest BCUT2D eigenvalue weighted by Gasteiger charge is -2.01. The van der Waals surface area contributed by atoms with Crippen molar-refractivity contribution in [3.8, 4) is 0 Å². The van der Waals surface area contributed by atoms with Gasteiger partial charge in [-0.3, -0.25) is 14.9 Å². The molecule has 5 nitrogen and oxygen atoms in total. The lowest BCUT2D eigenvalue weighted by Crippen LogP contribution is -1.97. The second kappa shape index (κ2) is 7.17. The highest BCUT2D eigenvalue weighted by Crippen LogP contribution is 2.17. The van der Waals surface area contributed by atoms with E-state index in [4.69, 9.17) is 0 Å². The third-order valence-corrected chi connectivity index (χ3v) is 3.19. The van der Waals surface area contributed by atoms with E-state index in [2.05, 4.69) is 12.2 Å². The maximum Gasteiger partial charge on any atom is 0.271 e. The van der Waals surface area contributed by atoms with Crippen LogP contribution in [0.1, 0.15) is 22.8 Å². The average Bonchev–Trinajstić information content (AvgIpc) is 2.55. The van der Waals surface area contributed by atoms with Crippen molar-refractivity contribution in [2.24, 2.45) is 0 Å². The summed E-state index contributed by atoms with van der Waals surface area (Å²) < 4.78 is 0. The molecule has 0 saturated heterocycles. The SMILES string of the molecule is CCc1ccc(C(=O)/C=C/Nc2cccc([N+](=O)[O-])c2)cc1. The number of hydrogen-bond acceptors (Lipinski definition) is 4. The minimum Gasteiger partial charge on any atom is -0.361 e. The predicted octanol–water partition coefficient (Wildman–Crippen LogP) is 3.97. The molecule has 5 heteroatoms. The molecule has 0 spiro atoms. The molecule has 0 radical (unpaired) electrons. The molecule has 2 aromatic rings. The monoisotopic (exact) mass is 296 g/mol. The molecule has 0 aliphatic rings. The van der Waals surface area contributed by atoms with E-state index in [1.165, 1.54) is 30.0 Å². The standard InChI is InChI=1S/C17H16N2O3/c1-2-13-6-8-14(9-7-13)17(20)10-11-18-15-4-3-5-16(12-15)19(21)22/h3-12,18H,2H2,1H3/b11-10+. The van der Waals surface area contributed by atoms with E-state index in [1.807, 2.05) is 12.1 Å². The van der Waals surface area contributed by atoms with E-state index in [0.29, 0.717) is 11.3 Å². The van der Waals surface area contributed by atoms with Crippen LogP contribution < -0.4 is 5.32 Å². The first-order chi connectivity index (χ1) is 10.6. The first kappa shape index (κ1) is 15.4. The Morgan fingerprint density at radius 3 is 2.59 bits per heavy atom. The molecular formula is C17H16N2O3. The zero-order valence-corrected chi connectivity index (χ0v) is 12.2. The molecule has 0 aliphatic heterocycles. The molecule has 2 rings (SSSR count). The minimum absolute atomic E-state index is 0.000110. The molecule has 1 N–H and O–H groups in total. The summed E-state index contributed by atoms with van der Waals surface area (Å²) in [7, 11) is 0. The number of nitrogens with zero attached hydrogens (tertiary/aromatic N) is 1. The van der Waals surface area contributed by atoms with Crippen molar-refractivity contribution >= 4 is 17.2 Å². The number of benzene rings is 2. The van der Waals surface area contributed by atoms with Gasteiger partial charge in [0.25, 0.3) is 5.69 Å². The first-order valence-corrected chi connectivity index (χ1v) is 6.91. The summed E-state index contributed by atoms with van der Waals surface area (Å²) in [6.07, 6.45) is 3.81. The zero-order valence-electron chi connectivity index (χ0n) is 12.2. The van der Waals surface area contributed by atoms with Crippen molar-refractivity contribution in [2.45, 2.75) is 13.3 Å². The number of rotatable bonds is 6. The van der Waals surface area contributed by atoms with Crippen molar-refractivity contribution < 1.29 is 9.72 Å². The van der Waals surface area contributed by atoms with Gasteiger partial charge in [0.1, 0.15) is 0 Å². The smallest absolute Gasteiger partial charge is 0.271 e. The summed E-state index contributed by atoms with van der Waals surface area (Å²) in [5, 5.41) is 13.5. The van der Waals surface area contributed by atoms with Gasteiger partial charge >= 0.3 is 0 Å². The van der Waals surface area contributed by atoms with Crippen LogP contribution in [-0.4, -0.2) is 10.7 Å². The third kappa shape index (κ3) is 4.02. The highest BCUT2D eigenvalue weighted by atomic mass is 16.6. The van der Waals surface area contributed by atoms with Gasteiger partial charge in [-0.25, -0.2) is 0 Å². The van der Waals surface area contributed by atoms with Crippen LogP contribution in [0, 0.1) is 10.1 Å². The number of carbonyl (C=O) groups is 1. The van der Waals surface area contributed by atoms with Crippen molar-refractivity contribution in [2.75, 3.05) is 5.32 Å². The molecule has 0 unspecified atom stereocenters. The van der Waals surface area contributed by atoms with Crippen molar-refractivity contribution in [1.29, 1.82) is 0 Å². The van der Waals surface area contributed by atoms with Crippen molar-refractivity contribution in [3.63, 3.8) is 0 Å². The van der Waals surface area contributed by atoms with Crippen LogP contribution in [0.25, 0.3) is 0 Å². The van der Waals surface area contributed by atoms with E-state index in [-0.39, 0.29) is 11.5 Å². The summed E-state index contributed by atoms with van der Waals surface area (Å²) in [5.74, 6) is -0.124. The van der Waals surface area contributed by atoms with Gasteiger partial charge in [0.05, 0.1) is 4.92 Å². The van der Waals surface area contributed by atoms with Gasteiger partial charge in [0, 0.05) is 35.7 Å². The molecule has 0 bridgehead atoms. The van der Waals surface area contributed by atoms with Crippen LogP contribution in [0.3, 0.4) is 0 Å². The molecule has 0 amide bonds. The van der Waals surface area contributed by atoms with E-state index in [0.717, 1.165) is 6.42 Å². The molecule has 0 saturated carbocycles. The third-order valence-electron chi connectivity index (χ3n) is 3.19. The first-order valence-electron chi connectivity index (χ1n) is 6.91. The van der Waals surface area contributed by atoms with Gasteiger partial charge in [-0.15, -0.1) is 0 Å². The molecule has 0 aromatic heterocycles. The summed E-state index contributed by atoms with van der Waals surface area (Å²) in [6, 6.07) is 13.5. The molecule has 0 fully saturated rings. The number of nitrogens with one attached hydrogen (secondary N) is 1. The highest BCUT2D eigenvalue weighted by molar-refractivity contribution is 6.04. The van der Waals surface area contributed by atoms with E-state index >= 15 is 0 Å². The Kier molecular flexibility index (Phi) is 5.03. The van der Waals surface area contributed by atoms with E-state index < -0.39 is 4.92 Å². The van der Waals surface area contributed by atoms with E-state index in [1.54, 1.807) is 24.3 Å². The summed E-state index contributed by atoms with van der Waals surface area (Å²) >= 11 is 0. The number of ketones is 1. The van der Waals surface area contributed by atoms with Crippen LogP contribution in [0.2, 0.25) is 0 Å². The minimum atomic E-state index is -0.463. The number of carbonyl (C=O) groups excluding carboxylic acids is 1. The fraction of sp³-hybridized carbons (Fsp3) is 0.118. The number of hydrogen-bond donors (Lipinski definition) is 1. The Balaban J connectivity index is 2.00. The van der Waals surface area contributed by atoms with Crippen LogP contribution >= 0.6 is 0 Å². The summed E-state index contributed by atoms with van der Waals surface area (Å²) in [5.41, 5.74) is 2.34. The fourth-order valence-corrected chi connectivity index (χ4v) is 1.92. The van der Waals surface area contributed by atoms with Crippen LogP contribution in [-0.2, 0) is 6.42 Å². The van der Waals surface area contributed by atoms with E-state index in [9.17, 15) is 14.9 Å². The topological polar surface area (TPSA) is 72.2 Å². The maximum absolute atomic E-state index is 12.0. The number of non-ortho nitro benzene ring substituents is 1. The predicted molar refractivity (Wildman–Crippen MR) is 86.0 cm³/mol. The number of allylic oxidation sites excluding steroid dienone is 1. The molecule has 0 atom stereocenters. The summed E-state index contributed by atoms with van der Waals surface area (Å²) in [4.78, 5) is 22.2. The van der Waals surface area contributed by atoms with Gasteiger partial charge < -0.3 is 5.32 Å². The highest BCUT2D eigenvalue weighted by Gasteiger charge is 2.05. The van der Waals surface area contributed by atoms with Gasteiger partial charge in [-0.05, 0) is 18.1 Å². The van der Waals surface area contributed by atoms with Crippen LogP contribution in [0.4, 0.5) is 11.4 Å². The second-order valence-electron chi connectivity index (χ2n) is 4.70. The lowest BCUT2D eigenvalue weighted by atomic mass is 10.1. The maximum atomic E-state index is 12.0. The quantitative estimate of drug-likeness (QED) is 0.379. The molecule has 2 aromatic carbocycles. The van der Waals surface area contributed by atoms with Gasteiger partial charge in [0.2, 0.25) is 0 Å². The van der Waals surface area contributed by atoms with Crippen LogP contribution in [0.15, 0.2) is 60.8 Å². The Labute approximate surface area is 128 Å². The lowest BCUT2D eigenvalue weighted by molar-refractivity contribution is -0.384. The Morgan fingerprint density at radius 1 is 1.23 bits per heavy atom. The largest absolute Gasteiger partial charge is 0.361 e. The number of anilines is 1. The average molecular weight is 296 g/mol. The van der Waals surface area contributed by atoms with Gasteiger partial charge in [-0.2, -0.15) is 0 Å².